The van der Waals surface area contributed by atoms with Gasteiger partial charge < -0.3 is 15.0 Å². The smallest absolute Gasteiger partial charge is 0.322 e. The molecule has 0 saturated carbocycles. The van der Waals surface area contributed by atoms with Crippen molar-refractivity contribution in [1.82, 2.24) is 34.5 Å². The first-order chi connectivity index (χ1) is 16.9. The fourth-order valence-corrected chi connectivity index (χ4v) is 3.93. The number of aromatic nitrogens is 7. The average Bonchev–Trinajstić information content (AvgIpc) is 3.15. The third-order valence-corrected chi connectivity index (χ3v) is 5.63. The molecule has 9 nitrogen and oxygen atoms in total. The summed E-state index contributed by atoms with van der Waals surface area (Å²) in [4.78, 5) is 25.6. The van der Waals surface area contributed by atoms with E-state index in [1.165, 1.54) is 6.33 Å². The fraction of sp³-hybridized carbons (Fsp3) is 0.120. The van der Waals surface area contributed by atoms with Crippen LogP contribution in [0.4, 0.5) is 10.2 Å². The molecular formula is C25H19FN8O. The lowest BCUT2D eigenvalue weighted by Crippen LogP contribution is -2.01. The molecule has 0 aliphatic heterocycles. The Hall–Kier alpha value is -4.91. The van der Waals surface area contributed by atoms with E-state index in [-0.39, 0.29) is 17.5 Å². The van der Waals surface area contributed by atoms with Gasteiger partial charge in [0.2, 0.25) is 0 Å². The Kier molecular flexibility index (Phi) is 5.30. The van der Waals surface area contributed by atoms with Crippen LogP contribution < -0.4 is 10.5 Å². The van der Waals surface area contributed by atoms with E-state index in [9.17, 15) is 4.39 Å². The summed E-state index contributed by atoms with van der Waals surface area (Å²) >= 11 is 0. The van der Waals surface area contributed by atoms with Gasteiger partial charge in [-0.25, -0.2) is 29.3 Å². The van der Waals surface area contributed by atoms with Crippen LogP contribution >= 0.6 is 0 Å². The van der Waals surface area contributed by atoms with Gasteiger partial charge in [-0.1, -0.05) is 0 Å². The van der Waals surface area contributed by atoms with E-state index in [2.05, 4.69) is 35.8 Å². The normalized spacial score (nSPS) is 10.9. The number of fused-ring (bicyclic) bond motifs is 1. The molecule has 0 bridgehead atoms. The highest BCUT2D eigenvalue weighted by molar-refractivity contribution is 6.07. The van der Waals surface area contributed by atoms with Crippen molar-refractivity contribution in [2.24, 2.45) is 7.05 Å². The maximum Gasteiger partial charge on any atom is 0.322 e. The van der Waals surface area contributed by atoms with Crippen LogP contribution in [0.15, 0.2) is 43.1 Å². The van der Waals surface area contributed by atoms with Crippen LogP contribution in [-0.4, -0.2) is 34.5 Å². The van der Waals surface area contributed by atoms with Crippen LogP contribution in [0.25, 0.3) is 33.5 Å². The van der Waals surface area contributed by atoms with E-state index in [1.54, 1.807) is 43.7 Å². The maximum absolute atomic E-state index is 14.9. The topological polar surface area (TPSA) is 118 Å². The summed E-state index contributed by atoms with van der Waals surface area (Å²) in [5.41, 5.74) is 10.3. The van der Waals surface area contributed by atoms with Crippen molar-refractivity contribution in [3.63, 3.8) is 0 Å². The van der Waals surface area contributed by atoms with Crippen molar-refractivity contribution in [2.45, 2.75) is 13.8 Å². The minimum atomic E-state index is -0.560. The number of aryl methyl sites for hydroxylation is 2. The zero-order chi connectivity index (χ0) is 24.7. The van der Waals surface area contributed by atoms with Crippen LogP contribution in [0.3, 0.4) is 0 Å². The fourth-order valence-electron chi connectivity index (χ4n) is 3.93. The van der Waals surface area contributed by atoms with E-state index < -0.39 is 5.82 Å². The lowest BCUT2D eigenvalue weighted by atomic mass is 9.99. The average molecular weight is 466 g/mol. The van der Waals surface area contributed by atoms with E-state index in [1.807, 2.05) is 18.5 Å². The molecule has 0 aromatic carbocycles. The highest BCUT2D eigenvalue weighted by atomic mass is 19.1. The minimum absolute atomic E-state index is 0.0520. The highest BCUT2D eigenvalue weighted by Crippen LogP contribution is 2.42. The Morgan fingerprint density at radius 1 is 1.06 bits per heavy atom. The van der Waals surface area contributed by atoms with E-state index in [0.717, 1.165) is 5.69 Å². The van der Waals surface area contributed by atoms with Gasteiger partial charge in [0, 0.05) is 36.3 Å². The van der Waals surface area contributed by atoms with Crippen molar-refractivity contribution in [1.29, 1.82) is 0 Å². The van der Waals surface area contributed by atoms with Crippen molar-refractivity contribution in [3.8, 4) is 46.6 Å². The van der Waals surface area contributed by atoms with Crippen LogP contribution in [0.5, 0.6) is 11.8 Å². The number of nitrogen functional groups attached to an aromatic ring is 1. The molecule has 5 rings (SSSR count). The van der Waals surface area contributed by atoms with Gasteiger partial charge in [0.05, 0.1) is 23.0 Å². The number of rotatable bonds is 4. The summed E-state index contributed by atoms with van der Waals surface area (Å²) in [6.45, 7) is 3.50. The molecule has 0 fully saturated rings. The second-order valence-electron chi connectivity index (χ2n) is 7.81. The molecule has 172 valence electrons. The molecule has 5 aromatic rings. The monoisotopic (exact) mass is 466 g/mol. The molecule has 10 heteroatoms. The second kappa shape index (κ2) is 8.46. The first kappa shape index (κ1) is 21.9. The van der Waals surface area contributed by atoms with Crippen LogP contribution in [-0.2, 0) is 7.05 Å². The molecular weight excluding hydrogens is 447 g/mol. The van der Waals surface area contributed by atoms with Crippen LogP contribution in [0, 0.1) is 32.0 Å². The number of nitrogens with zero attached hydrogens (tertiary/aromatic N) is 7. The lowest BCUT2D eigenvalue weighted by Gasteiger charge is -2.12. The standard InChI is InChI=1S/C25H19FN8O/c1-5-17-21(26)14(3)16(11-30-17)22-19(20-23(27)31-12-32-24(20)34(22)4)18-7-6-15(10-29-18)35-25-28-9-8-13(2)33-25/h1,6-12H,2-4H3,(H2,27,31,32). The summed E-state index contributed by atoms with van der Waals surface area (Å²) < 4.78 is 22.5. The summed E-state index contributed by atoms with van der Waals surface area (Å²) in [6, 6.07) is 5.50. The molecule has 0 atom stereocenters. The predicted molar refractivity (Wildman–Crippen MR) is 129 cm³/mol. The summed E-state index contributed by atoms with van der Waals surface area (Å²) in [7, 11) is 1.81. The van der Waals surface area contributed by atoms with E-state index in [0.29, 0.717) is 44.9 Å². The number of pyridine rings is 2. The van der Waals surface area contributed by atoms with E-state index in [4.69, 9.17) is 16.9 Å². The molecule has 5 heterocycles. The Morgan fingerprint density at radius 3 is 2.60 bits per heavy atom. The Labute approximate surface area is 199 Å². The molecule has 0 radical (unpaired) electrons. The van der Waals surface area contributed by atoms with Gasteiger partial charge in [0.1, 0.15) is 29.2 Å². The molecule has 0 aliphatic rings. The predicted octanol–water partition coefficient (Wildman–Crippen LogP) is 3.99. The van der Waals surface area contributed by atoms with Crippen molar-refractivity contribution in [3.05, 3.63) is 65.9 Å². The minimum Gasteiger partial charge on any atom is -0.423 e. The molecule has 0 unspecified atom stereocenters. The van der Waals surface area contributed by atoms with E-state index >= 15 is 0 Å². The maximum atomic E-state index is 14.9. The van der Waals surface area contributed by atoms with Gasteiger partial charge >= 0.3 is 6.01 Å². The first-order valence-corrected chi connectivity index (χ1v) is 10.5. The van der Waals surface area contributed by atoms with Gasteiger partial charge in [-0.2, -0.15) is 0 Å². The number of halogens is 1. The van der Waals surface area contributed by atoms with Crippen LogP contribution in [0.1, 0.15) is 17.0 Å². The Balaban J connectivity index is 1.69. The van der Waals surface area contributed by atoms with Gasteiger partial charge in [-0.05, 0) is 43.5 Å². The molecule has 0 amide bonds. The van der Waals surface area contributed by atoms with Crippen molar-refractivity contribution >= 4 is 16.9 Å². The molecule has 35 heavy (non-hydrogen) atoms. The third-order valence-electron chi connectivity index (χ3n) is 5.63. The Morgan fingerprint density at radius 2 is 1.89 bits per heavy atom. The number of anilines is 1. The van der Waals surface area contributed by atoms with Crippen molar-refractivity contribution in [2.75, 3.05) is 5.73 Å². The number of hydrogen-bond donors (Lipinski definition) is 1. The molecule has 0 saturated heterocycles. The van der Waals surface area contributed by atoms with Crippen LogP contribution in [0.2, 0.25) is 0 Å². The number of terminal acetylenes is 1. The number of nitrogens with two attached hydrogens (primary N) is 1. The number of hydrogen-bond acceptors (Lipinski definition) is 8. The van der Waals surface area contributed by atoms with Gasteiger partial charge in [0.25, 0.3) is 0 Å². The zero-order valence-electron chi connectivity index (χ0n) is 19.1. The highest BCUT2D eigenvalue weighted by Gasteiger charge is 2.25. The Bertz CT molecular complexity index is 1640. The summed E-state index contributed by atoms with van der Waals surface area (Å²) in [5.74, 6) is 2.43. The third kappa shape index (κ3) is 3.69. The zero-order valence-corrected chi connectivity index (χ0v) is 19.1. The summed E-state index contributed by atoms with van der Waals surface area (Å²) in [6.07, 6.45) is 11.5. The quantitative estimate of drug-likeness (QED) is 0.395. The molecule has 5 aromatic heterocycles. The SMILES string of the molecule is C#Cc1ncc(-c2c(-c3ccc(Oc4nccc(C)n4)cn3)c3c(N)ncnc3n2C)c(C)c1F. The molecule has 2 N–H and O–H groups in total. The molecule has 0 aliphatic carbocycles. The second-order valence-corrected chi connectivity index (χ2v) is 7.81. The van der Waals surface area contributed by atoms with Gasteiger partial charge in [0.15, 0.2) is 5.82 Å². The van der Waals surface area contributed by atoms with Gasteiger partial charge in [-0.15, -0.1) is 6.42 Å². The lowest BCUT2D eigenvalue weighted by molar-refractivity contribution is 0.438. The summed E-state index contributed by atoms with van der Waals surface area (Å²) in [5, 5.41) is 0.592. The molecule has 0 spiro atoms. The number of ether oxygens (including phenoxy) is 1. The van der Waals surface area contributed by atoms with Crippen molar-refractivity contribution < 1.29 is 9.13 Å². The first-order valence-electron chi connectivity index (χ1n) is 10.5. The largest absolute Gasteiger partial charge is 0.423 e. The van der Waals surface area contributed by atoms with Gasteiger partial charge in [-0.3, -0.25) is 4.98 Å².